The first-order valence-electron chi connectivity index (χ1n) is 18.5. The summed E-state index contributed by atoms with van der Waals surface area (Å²) in [7, 11) is 0. The summed E-state index contributed by atoms with van der Waals surface area (Å²) in [6.07, 6.45) is 3.92. The van der Waals surface area contributed by atoms with Crippen LogP contribution in [0.5, 0.6) is 0 Å². The summed E-state index contributed by atoms with van der Waals surface area (Å²) in [5, 5.41) is 6.51. The van der Waals surface area contributed by atoms with Crippen LogP contribution in [0.1, 0.15) is 0 Å². The molecule has 0 aliphatic rings. The van der Waals surface area contributed by atoms with Crippen LogP contribution in [0.2, 0.25) is 0 Å². The third kappa shape index (κ3) is 5.17. The summed E-state index contributed by atoms with van der Waals surface area (Å²) in [6, 6.07) is 61.6. The summed E-state index contributed by atoms with van der Waals surface area (Å²) >= 11 is 0. The number of fused-ring (bicyclic) bond motifs is 9. The van der Waals surface area contributed by atoms with Crippen LogP contribution >= 0.6 is 0 Å². The van der Waals surface area contributed by atoms with E-state index in [4.69, 9.17) is 19.9 Å². The molecule has 0 aliphatic heterocycles. The summed E-state index contributed by atoms with van der Waals surface area (Å²) in [4.78, 5) is 20.7. The predicted molar refractivity (Wildman–Crippen MR) is 226 cm³/mol. The van der Waals surface area contributed by atoms with E-state index in [9.17, 15) is 0 Å². The number of para-hydroxylation sites is 2. The van der Waals surface area contributed by atoms with Gasteiger partial charge in [-0.05, 0) is 75.5 Å². The molecule has 0 fully saturated rings. The molecule has 3 heterocycles. The van der Waals surface area contributed by atoms with E-state index < -0.39 is 0 Å². The Kier molecular flexibility index (Phi) is 7.10. The standard InChI is InChI=1S/C50H31N5/c1-3-14-32(15-4-1)35-26-36(33-16-5-2-6-17-33)28-37(27-35)50-52-31-44-40-21-8-7-20-39(40)43-30-51-49(53-47(43)48(44)54-50)34-18-13-19-38(29-34)55-45-24-11-9-22-41(45)42-23-10-12-25-46(42)55/h1-31H. The van der Waals surface area contributed by atoms with Crippen molar-refractivity contribution in [3.63, 3.8) is 0 Å². The molecule has 0 spiro atoms. The molecule has 11 rings (SSSR count). The molecule has 0 saturated heterocycles. The van der Waals surface area contributed by atoms with Crippen molar-refractivity contribution >= 4 is 54.4 Å². The second kappa shape index (κ2) is 12.6. The summed E-state index contributed by atoms with van der Waals surface area (Å²) < 4.78 is 2.32. The zero-order valence-corrected chi connectivity index (χ0v) is 29.6. The number of aromatic nitrogens is 5. The van der Waals surface area contributed by atoms with Gasteiger partial charge >= 0.3 is 0 Å². The lowest BCUT2D eigenvalue weighted by molar-refractivity contribution is 1.17. The van der Waals surface area contributed by atoms with Crippen molar-refractivity contribution < 1.29 is 0 Å². The SMILES string of the molecule is c1ccc(-c2cc(-c3ccccc3)cc(-c3ncc4c5ccccc5c5cnc(-c6cccc(-n7c8ccccc8c8ccccc87)c6)nc5c4n3)c2)cc1. The van der Waals surface area contributed by atoms with E-state index in [1.165, 1.54) is 10.8 Å². The highest BCUT2D eigenvalue weighted by atomic mass is 15.0. The van der Waals surface area contributed by atoms with Gasteiger partial charge in [0.1, 0.15) is 11.0 Å². The van der Waals surface area contributed by atoms with Gasteiger partial charge in [-0.2, -0.15) is 0 Å². The Morgan fingerprint density at radius 2 is 0.745 bits per heavy atom. The minimum absolute atomic E-state index is 0.643. The van der Waals surface area contributed by atoms with Crippen molar-refractivity contribution in [1.29, 1.82) is 0 Å². The average molecular weight is 702 g/mol. The molecule has 5 nitrogen and oxygen atoms in total. The van der Waals surface area contributed by atoms with E-state index in [1.54, 1.807) is 0 Å². The fourth-order valence-electron chi connectivity index (χ4n) is 8.09. The lowest BCUT2D eigenvalue weighted by Gasteiger charge is -2.13. The highest BCUT2D eigenvalue weighted by molar-refractivity contribution is 6.23. The highest BCUT2D eigenvalue weighted by Gasteiger charge is 2.17. The molecule has 8 aromatic carbocycles. The maximum absolute atomic E-state index is 5.35. The summed E-state index contributed by atoms with van der Waals surface area (Å²) in [6.45, 7) is 0. The number of hydrogen-bond acceptors (Lipinski definition) is 4. The smallest absolute Gasteiger partial charge is 0.159 e. The van der Waals surface area contributed by atoms with E-state index in [0.717, 1.165) is 82.7 Å². The van der Waals surface area contributed by atoms with Crippen LogP contribution in [0.15, 0.2) is 188 Å². The Morgan fingerprint density at radius 1 is 0.309 bits per heavy atom. The molecule has 256 valence electrons. The number of nitrogens with zero attached hydrogens (tertiary/aromatic N) is 5. The second-order valence-electron chi connectivity index (χ2n) is 13.9. The lowest BCUT2D eigenvalue weighted by Crippen LogP contribution is -1.98. The van der Waals surface area contributed by atoms with Crippen LogP contribution in [-0.2, 0) is 0 Å². The predicted octanol–water partition coefficient (Wildman–Crippen LogP) is 12.5. The van der Waals surface area contributed by atoms with Gasteiger partial charge in [0.25, 0.3) is 0 Å². The monoisotopic (exact) mass is 701 g/mol. The van der Waals surface area contributed by atoms with Gasteiger partial charge in [0.15, 0.2) is 11.6 Å². The van der Waals surface area contributed by atoms with Gasteiger partial charge in [-0.3, -0.25) is 0 Å². The molecule has 11 aromatic rings. The Morgan fingerprint density at radius 3 is 1.29 bits per heavy atom. The quantitative estimate of drug-likeness (QED) is 0.168. The Bertz CT molecular complexity index is 3150. The van der Waals surface area contributed by atoms with Gasteiger partial charge in [-0.15, -0.1) is 0 Å². The van der Waals surface area contributed by atoms with Crippen molar-refractivity contribution in [3.8, 4) is 50.7 Å². The lowest BCUT2D eigenvalue weighted by atomic mass is 9.95. The summed E-state index contributed by atoms with van der Waals surface area (Å²) in [5.74, 6) is 1.29. The number of rotatable bonds is 5. The number of benzene rings is 8. The Balaban J connectivity index is 1.12. The molecule has 0 aliphatic carbocycles. The average Bonchev–Trinajstić information content (AvgIpc) is 3.61. The molecule has 0 saturated carbocycles. The largest absolute Gasteiger partial charge is 0.309 e. The third-order valence-electron chi connectivity index (χ3n) is 10.7. The summed E-state index contributed by atoms with van der Waals surface area (Å²) in [5.41, 5.74) is 11.3. The van der Waals surface area contributed by atoms with E-state index in [1.807, 2.05) is 24.5 Å². The first-order valence-corrected chi connectivity index (χ1v) is 18.5. The fourth-order valence-corrected chi connectivity index (χ4v) is 8.09. The van der Waals surface area contributed by atoms with Crippen molar-refractivity contribution in [2.24, 2.45) is 0 Å². The minimum Gasteiger partial charge on any atom is -0.309 e. The van der Waals surface area contributed by atoms with Crippen LogP contribution in [-0.4, -0.2) is 24.5 Å². The van der Waals surface area contributed by atoms with E-state index in [0.29, 0.717) is 11.6 Å². The zero-order chi connectivity index (χ0) is 36.3. The molecular weight excluding hydrogens is 671 g/mol. The van der Waals surface area contributed by atoms with Gasteiger partial charge < -0.3 is 4.57 Å². The maximum atomic E-state index is 5.35. The topological polar surface area (TPSA) is 56.5 Å². The van der Waals surface area contributed by atoms with Crippen molar-refractivity contribution in [1.82, 2.24) is 24.5 Å². The van der Waals surface area contributed by atoms with Gasteiger partial charge in [0, 0.05) is 50.8 Å². The molecule has 0 amide bonds. The zero-order valence-electron chi connectivity index (χ0n) is 29.6. The van der Waals surface area contributed by atoms with Gasteiger partial charge in [0.05, 0.1) is 11.0 Å². The van der Waals surface area contributed by atoms with Gasteiger partial charge in [0.2, 0.25) is 0 Å². The molecule has 55 heavy (non-hydrogen) atoms. The molecular formula is C50H31N5. The Hall–Kier alpha value is -7.50. The molecule has 0 N–H and O–H groups in total. The van der Waals surface area contributed by atoms with Crippen LogP contribution in [0, 0.1) is 0 Å². The first kappa shape index (κ1) is 31.1. The molecule has 0 bridgehead atoms. The Labute approximate surface area is 316 Å². The van der Waals surface area contributed by atoms with Crippen LogP contribution in [0.25, 0.3) is 105 Å². The van der Waals surface area contributed by atoms with Gasteiger partial charge in [-0.25, -0.2) is 19.9 Å². The first-order chi connectivity index (χ1) is 27.3. The molecule has 0 radical (unpaired) electrons. The maximum Gasteiger partial charge on any atom is 0.159 e. The number of hydrogen-bond donors (Lipinski definition) is 0. The minimum atomic E-state index is 0.643. The fraction of sp³-hybridized carbons (Fsp3) is 0. The molecule has 0 atom stereocenters. The second-order valence-corrected chi connectivity index (χ2v) is 13.9. The molecule has 3 aromatic heterocycles. The van der Waals surface area contributed by atoms with Crippen LogP contribution < -0.4 is 0 Å². The normalized spacial score (nSPS) is 11.6. The van der Waals surface area contributed by atoms with Crippen molar-refractivity contribution in [2.75, 3.05) is 0 Å². The highest BCUT2D eigenvalue weighted by Crippen LogP contribution is 2.37. The van der Waals surface area contributed by atoms with Crippen molar-refractivity contribution in [3.05, 3.63) is 188 Å². The van der Waals surface area contributed by atoms with Crippen molar-refractivity contribution in [2.45, 2.75) is 0 Å². The molecule has 5 heteroatoms. The molecule has 0 unspecified atom stereocenters. The van der Waals surface area contributed by atoms with E-state index >= 15 is 0 Å². The van der Waals surface area contributed by atoms with Gasteiger partial charge in [-0.1, -0.05) is 133 Å². The third-order valence-corrected chi connectivity index (χ3v) is 10.7. The van der Waals surface area contributed by atoms with E-state index in [-0.39, 0.29) is 0 Å². The van der Waals surface area contributed by atoms with Crippen LogP contribution in [0.4, 0.5) is 0 Å². The van der Waals surface area contributed by atoms with Crippen LogP contribution in [0.3, 0.4) is 0 Å². The van der Waals surface area contributed by atoms with E-state index in [2.05, 4.69) is 168 Å².